The molecule has 120 valence electrons. The molecule has 7 nitrogen and oxygen atoms in total. The van der Waals surface area contributed by atoms with Crippen molar-refractivity contribution < 1.29 is 9.53 Å². The zero-order valence-corrected chi connectivity index (χ0v) is 12.5. The molecule has 1 saturated heterocycles. The SMILES string of the molecule is NCc1cccc(CN=C(N)NC(=O)NCC2CCCO2)c1. The molecule has 1 aromatic rings. The van der Waals surface area contributed by atoms with Crippen LogP contribution in [0.5, 0.6) is 0 Å². The van der Waals surface area contributed by atoms with Crippen molar-refractivity contribution in [1.29, 1.82) is 0 Å². The fraction of sp³-hybridized carbons (Fsp3) is 0.467. The number of hydrogen-bond donors (Lipinski definition) is 4. The van der Waals surface area contributed by atoms with Crippen LogP contribution in [0.15, 0.2) is 29.3 Å². The third kappa shape index (κ3) is 5.34. The molecule has 22 heavy (non-hydrogen) atoms. The lowest BCUT2D eigenvalue weighted by atomic mass is 10.1. The number of guanidine groups is 1. The number of amides is 2. The molecule has 0 saturated carbocycles. The van der Waals surface area contributed by atoms with E-state index in [0.717, 1.165) is 30.6 Å². The van der Waals surface area contributed by atoms with Gasteiger partial charge in [-0.2, -0.15) is 0 Å². The van der Waals surface area contributed by atoms with E-state index in [4.69, 9.17) is 16.2 Å². The quantitative estimate of drug-likeness (QED) is 0.466. The van der Waals surface area contributed by atoms with Gasteiger partial charge in [0, 0.05) is 19.7 Å². The van der Waals surface area contributed by atoms with E-state index in [2.05, 4.69) is 15.6 Å². The minimum atomic E-state index is -0.368. The van der Waals surface area contributed by atoms with E-state index in [9.17, 15) is 4.79 Å². The van der Waals surface area contributed by atoms with Crippen molar-refractivity contribution in [2.24, 2.45) is 16.5 Å². The zero-order chi connectivity index (χ0) is 15.8. The van der Waals surface area contributed by atoms with Gasteiger partial charge in [0.15, 0.2) is 5.96 Å². The molecular weight excluding hydrogens is 282 g/mol. The van der Waals surface area contributed by atoms with E-state index in [0.29, 0.717) is 19.6 Å². The molecule has 1 unspecified atom stereocenters. The lowest BCUT2D eigenvalue weighted by Gasteiger charge is -2.11. The maximum atomic E-state index is 11.7. The van der Waals surface area contributed by atoms with Gasteiger partial charge in [-0.15, -0.1) is 0 Å². The van der Waals surface area contributed by atoms with Crippen LogP contribution in [0.2, 0.25) is 0 Å². The second kappa shape index (κ2) is 8.35. The maximum Gasteiger partial charge on any atom is 0.321 e. The van der Waals surface area contributed by atoms with Crippen LogP contribution in [-0.2, 0) is 17.8 Å². The highest BCUT2D eigenvalue weighted by Crippen LogP contribution is 2.10. The van der Waals surface area contributed by atoms with Crippen LogP contribution in [0.25, 0.3) is 0 Å². The number of carbonyl (C=O) groups excluding carboxylic acids is 1. The van der Waals surface area contributed by atoms with Crippen LogP contribution in [0.1, 0.15) is 24.0 Å². The van der Waals surface area contributed by atoms with Gasteiger partial charge >= 0.3 is 6.03 Å². The molecule has 0 aliphatic carbocycles. The van der Waals surface area contributed by atoms with Gasteiger partial charge in [0.25, 0.3) is 0 Å². The van der Waals surface area contributed by atoms with Gasteiger partial charge in [0.05, 0.1) is 12.6 Å². The second-order valence-electron chi connectivity index (χ2n) is 5.20. The molecule has 0 radical (unpaired) electrons. The molecule has 6 N–H and O–H groups in total. The summed E-state index contributed by atoms with van der Waals surface area (Å²) in [6, 6.07) is 7.41. The predicted octanol–water partition coefficient (Wildman–Crippen LogP) is 0.438. The third-order valence-electron chi connectivity index (χ3n) is 3.41. The van der Waals surface area contributed by atoms with Crippen molar-refractivity contribution in [1.82, 2.24) is 10.6 Å². The largest absolute Gasteiger partial charge is 0.376 e. The number of rotatable bonds is 5. The van der Waals surface area contributed by atoms with Crippen LogP contribution in [-0.4, -0.2) is 31.2 Å². The Bertz CT molecular complexity index is 526. The first-order valence-corrected chi connectivity index (χ1v) is 7.41. The van der Waals surface area contributed by atoms with Crippen molar-refractivity contribution in [2.45, 2.75) is 32.0 Å². The van der Waals surface area contributed by atoms with Crippen LogP contribution in [0.3, 0.4) is 0 Å². The van der Waals surface area contributed by atoms with Crippen molar-refractivity contribution in [3.63, 3.8) is 0 Å². The number of hydrogen-bond acceptors (Lipinski definition) is 4. The van der Waals surface area contributed by atoms with Crippen LogP contribution >= 0.6 is 0 Å². The first-order chi connectivity index (χ1) is 10.7. The Kier molecular flexibility index (Phi) is 6.17. The number of benzene rings is 1. The monoisotopic (exact) mass is 305 g/mol. The van der Waals surface area contributed by atoms with Gasteiger partial charge in [-0.05, 0) is 24.0 Å². The molecule has 0 aromatic heterocycles. The van der Waals surface area contributed by atoms with Gasteiger partial charge in [-0.25, -0.2) is 9.79 Å². The Balaban J connectivity index is 1.75. The molecular formula is C15H23N5O2. The first kappa shape index (κ1) is 16.3. The number of nitrogens with two attached hydrogens (primary N) is 2. The van der Waals surface area contributed by atoms with E-state index >= 15 is 0 Å². The number of ether oxygens (including phenoxy) is 1. The summed E-state index contributed by atoms with van der Waals surface area (Å²) in [5, 5.41) is 5.22. The molecule has 0 bridgehead atoms. The Morgan fingerprint density at radius 2 is 2.23 bits per heavy atom. The summed E-state index contributed by atoms with van der Waals surface area (Å²) < 4.78 is 5.42. The summed E-state index contributed by atoms with van der Waals surface area (Å²) in [5.74, 6) is 0.0861. The number of aliphatic imine (C=N–C) groups is 1. The normalized spacial score (nSPS) is 18.2. The van der Waals surface area contributed by atoms with Crippen molar-refractivity contribution in [3.8, 4) is 0 Å². The van der Waals surface area contributed by atoms with E-state index in [-0.39, 0.29) is 18.1 Å². The maximum absolute atomic E-state index is 11.7. The number of carbonyl (C=O) groups is 1. The fourth-order valence-electron chi connectivity index (χ4n) is 2.24. The second-order valence-corrected chi connectivity index (χ2v) is 5.20. The lowest BCUT2D eigenvalue weighted by molar-refractivity contribution is 0.111. The molecule has 1 atom stereocenters. The molecule has 1 aromatic carbocycles. The van der Waals surface area contributed by atoms with Crippen LogP contribution in [0, 0.1) is 0 Å². The van der Waals surface area contributed by atoms with Gasteiger partial charge < -0.3 is 21.5 Å². The van der Waals surface area contributed by atoms with Gasteiger partial charge in [0.1, 0.15) is 0 Å². The van der Waals surface area contributed by atoms with E-state index < -0.39 is 0 Å². The standard InChI is InChI=1S/C15H23N5O2/c16-8-11-3-1-4-12(7-11)9-18-14(17)20-15(21)19-10-13-5-2-6-22-13/h1,3-4,7,13H,2,5-6,8-10,16H2,(H4,17,18,19,20,21). The summed E-state index contributed by atoms with van der Waals surface area (Å²) in [6.45, 7) is 2.12. The van der Waals surface area contributed by atoms with Gasteiger partial charge in [-0.3, -0.25) is 5.32 Å². The van der Waals surface area contributed by atoms with Crippen molar-refractivity contribution in [3.05, 3.63) is 35.4 Å². The number of nitrogens with zero attached hydrogens (tertiary/aromatic N) is 1. The fourth-order valence-corrected chi connectivity index (χ4v) is 2.24. The zero-order valence-electron chi connectivity index (χ0n) is 12.5. The summed E-state index contributed by atoms with van der Waals surface area (Å²) >= 11 is 0. The Morgan fingerprint density at radius 1 is 1.41 bits per heavy atom. The minimum absolute atomic E-state index is 0.0861. The Labute approximate surface area is 130 Å². The highest BCUT2D eigenvalue weighted by atomic mass is 16.5. The van der Waals surface area contributed by atoms with E-state index in [1.807, 2.05) is 24.3 Å². The molecule has 0 spiro atoms. The van der Waals surface area contributed by atoms with E-state index in [1.165, 1.54) is 0 Å². The average Bonchev–Trinajstić information content (AvgIpc) is 3.04. The molecule has 1 heterocycles. The average molecular weight is 305 g/mol. The third-order valence-corrected chi connectivity index (χ3v) is 3.41. The van der Waals surface area contributed by atoms with Crippen molar-refractivity contribution >= 4 is 12.0 Å². The van der Waals surface area contributed by atoms with E-state index in [1.54, 1.807) is 0 Å². The molecule has 2 rings (SSSR count). The molecule has 2 amide bonds. The minimum Gasteiger partial charge on any atom is -0.376 e. The van der Waals surface area contributed by atoms with Crippen LogP contribution in [0.4, 0.5) is 4.79 Å². The highest BCUT2D eigenvalue weighted by molar-refractivity contribution is 5.95. The summed E-state index contributed by atoms with van der Waals surface area (Å²) in [6.07, 6.45) is 2.11. The lowest BCUT2D eigenvalue weighted by Crippen LogP contribution is -2.45. The topological polar surface area (TPSA) is 115 Å². The molecule has 1 aliphatic rings. The highest BCUT2D eigenvalue weighted by Gasteiger charge is 2.16. The van der Waals surface area contributed by atoms with Gasteiger partial charge in [0.2, 0.25) is 0 Å². The predicted molar refractivity (Wildman–Crippen MR) is 85.2 cm³/mol. The molecule has 1 aliphatic heterocycles. The number of nitrogens with one attached hydrogen (secondary N) is 2. The van der Waals surface area contributed by atoms with Gasteiger partial charge in [-0.1, -0.05) is 24.3 Å². The molecule has 1 fully saturated rings. The summed E-state index contributed by atoms with van der Waals surface area (Å²) in [7, 11) is 0. The summed E-state index contributed by atoms with van der Waals surface area (Å²) in [5.41, 5.74) is 13.3. The first-order valence-electron chi connectivity index (χ1n) is 7.41. The van der Waals surface area contributed by atoms with Crippen molar-refractivity contribution in [2.75, 3.05) is 13.2 Å². The Hall–Kier alpha value is -2.12. The molecule has 7 heteroatoms. The summed E-state index contributed by atoms with van der Waals surface area (Å²) in [4.78, 5) is 15.8. The Morgan fingerprint density at radius 3 is 2.95 bits per heavy atom. The smallest absolute Gasteiger partial charge is 0.321 e. The van der Waals surface area contributed by atoms with Crippen LogP contribution < -0.4 is 22.1 Å². The number of urea groups is 1.